The second-order valence-corrected chi connectivity index (χ2v) is 7.21. The molecule has 0 unspecified atom stereocenters. The van der Waals surface area contributed by atoms with Crippen LogP contribution >= 0.6 is 11.8 Å². The van der Waals surface area contributed by atoms with E-state index in [2.05, 4.69) is 10.6 Å². The normalized spacial score (nSPS) is 13.4. The highest BCUT2D eigenvalue weighted by molar-refractivity contribution is 8.00. The fraction of sp³-hybridized carbons (Fsp3) is 0.222. The van der Waals surface area contributed by atoms with Crippen LogP contribution in [0.3, 0.4) is 0 Å². The molecule has 7 nitrogen and oxygen atoms in total. The van der Waals surface area contributed by atoms with Crippen molar-refractivity contribution in [2.24, 2.45) is 0 Å². The molecule has 11 heteroatoms. The van der Waals surface area contributed by atoms with Gasteiger partial charge in [-0.15, -0.1) is 11.8 Å². The summed E-state index contributed by atoms with van der Waals surface area (Å²) in [5.41, 5.74) is 0.205. The first-order valence-corrected chi connectivity index (χ1v) is 9.33. The number of nitro benzene ring substituents is 1. The molecule has 2 amide bonds. The quantitative estimate of drug-likeness (QED) is 0.424. The molecule has 0 aliphatic carbocycles. The fourth-order valence-electron chi connectivity index (χ4n) is 2.76. The van der Waals surface area contributed by atoms with Crippen LogP contribution in [-0.2, 0) is 22.2 Å². The fourth-order valence-corrected chi connectivity index (χ4v) is 3.56. The molecule has 29 heavy (non-hydrogen) atoms. The Morgan fingerprint density at radius 1 is 1.21 bits per heavy atom. The Hall–Kier alpha value is -3.08. The molecule has 1 aliphatic heterocycles. The highest BCUT2D eigenvalue weighted by atomic mass is 32.2. The summed E-state index contributed by atoms with van der Waals surface area (Å²) in [6.07, 6.45) is -3.81. The molecule has 0 aromatic heterocycles. The summed E-state index contributed by atoms with van der Waals surface area (Å²) in [5, 5.41) is 16.4. The highest BCUT2D eigenvalue weighted by Gasteiger charge is 2.33. The minimum absolute atomic E-state index is 0.0358. The van der Waals surface area contributed by atoms with Crippen LogP contribution in [-0.4, -0.2) is 22.5 Å². The van der Waals surface area contributed by atoms with E-state index in [0.717, 1.165) is 29.5 Å². The van der Waals surface area contributed by atoms with Gasteiger partial charge >= 0.3 is 6.18 Å². The molecule has 0 atom stereocenters. The Labute approximate surface area is 166 Å². The zero-order valence-electron chi connectivity index (χ0n) is 14.7. The molecule has 0 fully saturated rings. The topological polar surface area (TPSA) is 101 Å². The average molecular weight is 425 g/mol. The number of anilines is 2. The molecule has 2 aromatic rings. The summed E-state index contributed by atoms with van der Waals surface area (Å²) >= 11 is 0.773. The van der Waals surface area contributed by atoms with Crippen LogP contribution in [0.2, 0.25) is 0 Å². The second kappa shape index (κ2) is 8.11. The number of alkyl halides is 3. The number of nitrogens with zero attached hydrogens (tertiary/aromatic N) is 1. The molecular weight excluding hydrogens is 411 g/mol. The van der Waals surface area contributed by atoms with Gasteiger partial charge in [-0.3, -0.25) is 19.7 Å². The van der Waals surface area contributed by atoms with Crippen LogP contribution < -0.4 is 10.6 Å². The Kier molecular flexibility index (Phi) is 5.78. The van der Waals surface area contributed by atoms with Crippen molar-refractivity contribution in [3.8, 4) is 0 Å². The Bertz CT molecular complexity index is 995. The van der Waals surface area contributed by atoms with Crippen molar-refractivity contribution in [3.05, 3.63) is 57.6 Å². The molecular formula is C18H14F3N3O4S. The first-order valence-electron chi connectivity index (χ1n) is 8.34. The van der Waals surface area contributed by atoms with Gasteiger partial charge in [0, 0.05) is 23.9 Å². The molecule has 1 aliphatic rings. The van der Waals surface area contributed by atoms with Gasteiger partial charge < -0.3 is 10.6 Å². The van der Waals surface area contributed by atoms with Gasteiger partial charge in [0.25, 0.3) is 5.69 Å². The third kappa shape index (κ3) is 5.05. The number of hydrogen-bond donors (Lipinski definition) is 2. The summed E-state index contributed by atoms with van der Waals surface area (Å²) in [6.45, 7) is 0. The number of carbonyl (C=O) groups excluding carboxylic acids is 2. The van der Waals surface area contributed by atoms with Crippen molar-refractivity contribution in [3.63, 3.8) is 0 Å². The van der Waals surface area contributed by atoms with Crippen LogP contribution in [0.4, 0.5) is 30.2 Å². The Morgan fingerprint density at radius 3 is 2.66 bits per heavy atom. The van der Waals surface area contributed by atoms with Gasteiger partial charge in [-0.25, -0.2) is 0 Å². The highest BCUT2D eigenvalue weighted by Crippen LogP contribution is 2.36. The number of hydrogen-bond acceptors (Lipinski definition) is 5. The van der Waals surface area contributed by atoms with E-state index in [0.29, 0.717) is 30.3 Å². The third-order valence-corrected chi connectivity index (χ3v) is 5.19. The van der Waals surface area contributed by atoms with E-state index in [-0.39, 0.29) is 16.6 Å². The smallest absolute Gasteiger partial charge is 0.326 e. The average Bonchev–Trinajstić information content (AvgIpc) is 2.65. The summed E-state index contributed by atoms with van der Waals surface area (Å²) in [7, 11) is 0. The molecule has 0 bridgehead atoms. The number of halogens is 3. The van der Waals surface area contributed by atoms with Crippen LogP contribution in [0.25, 0.3) is 0 Å². The van der Waals surface area contributed by atoms with E-state index in [1.807, 2.05) is 0 Å². The van der Waals surface area contributed by atoms with Gasteiger partial charge in [0.2, 0.25) is 11.8 Å². The molecule has 0 saturated carbocycles. The van der Waals surface area contributed by atoms with Crippen molar-refractivity contribution in [2.75, 3.05) is 16.4 Å². The molecule has 1 heterocycles. The monoisotopic (exact) mass is 425 g/mol. The van der Waals surface area contributed by atoms with Crippen molar-refractivity contribution in [1.29, 1.82) is 0 Å². The standard InChI is InChI=1S/C18H14F3N3O4S/c19-18(20,21)11-2-5-15(14(8-11)24(27)28)29-9-17(26)22-12-3-4-13-10(7-12)1-6-16(25)23-13/h2-5,7-8H,1,6,9H2,(H,22,26)(H,23,25). The zero-order chi connectivity index (χ0) is 21.2. The van der Waals surface area contributed by atoms with Crippen LogP contribution in [0.1, 0.15) is 17.5 Å². The predicted octanol–water partition coefficient (Wildman–Crippen LogP) is 4.23. The lowest BCUT2D eigenvalue weighted by Gasteiger charge is -2.17. The van der Waals surface area contributed by atoms with Crippen molar-refractivity contribution < 1.29 is 27.7 Å². The van der Waals surface area contributed by atoms with E-state index in [1.165, 1.54) is 0 Å². The predicted molar refractivity (Wildman–Crippen MR) is 101 cm³/mol. The maximum atomic E-state index is 12.7. The Morgan fingerprint density at radius 2 is 1.97 bits per heavy atom. The summed E-state index contributed by atoms with van der Waals surface area (Å²) in [6, 6.07) is 7.17. The summed E-state index contributed by atoms with van der Waals surface area (Å²) < 4.78 is 38.2. The number of aryl methyl sites for hydroxylation is 1. The molecule has 2 N–H and O–H groups in total. The van der Waals surface area contributed by atoms with E-state index < -0.39 is 28.3 Å². The van der Waals surface area contributed by atoms with Crippen LogP contribution in [0.15, 0.2) is 41.3 Å². The number of nitrogens with one attached hydrogen (secondary N) is 2. The lowest BCUT2D eigenvalue weighted by atomic mass is 10.0. The number of benzene rings is 2. The molecule has 152 valence electrons. The number of carbonyl (C=O) groups is 2. The molecule has 3 rings (SSSR count). The van der Waals surface area contributed by atoms with Gasteiger partial charge in [-0.05, 0) is 42.3 Å². The van der Waals surface area contributed by atoms with Gasteiger partial charge in [0.15, 0.2) is 0 Å². The van der Waals surface area contributed by atoms with Crippen molar-refractivity contribution in [1.82, 2.24) is 0 Å². The van der Waals surface area contributed by atoms with E-state index >= 15 is 0 Å². The molecule has 0 radical (unpaired) electrons. The molecule has 0 spiro atoms. The minimum atomic E-state index is -4.70. The van der Waals surface area contributed by atoms with Crippen molar-refractivity contribution >= 4 is 40.6 Å². The zero-order valence-corrected chi connectivity index (χ0v) is 15.5. The van der Waals surface area contributed by atoms with E-state index in [4.69, 9.17) is 0 Å². The van der Waals surface area contributed by atoms with Gasteiger partial charge in [-0.2, -0.15) is 13.2 Å². The lowest BCUT2D eigenvalue weighted by molar-refractivity contribution is -0.388. The lowest BCUT2D eigenvalue weighted by Crippen LogP contribution is -2.19. The number of rotatable bonds is 5. The van der Waals surface area contributed by atoms with Gasteiger partial charge in [0.05, 0.1) is 21.1 Å². The first-order chi connectivity index (χ1) is 13.6. The molecule has 0 saturated heterocycles. The maximum Gasteiger partial charge on any atom is 0.416 e. The van der Waals surface area contributed by atoms with Gasteiger partial charge in [-0.1, -0.05) is 0 Å². The van der Waals surface area contributed by atoms with Crippen LogP contribution in [0, 0.1) is 10.1 Å². The van der Waals surface area contributed by atoms with E-state index in [9.17, 15) is 32.9 Å². The number of fused-ring (bicyclic) bond motifs is 1. The minimum Gasteiger partial charge on any atom is -0.326 e. The van der Waals surface area contributed by atoms with E-state index in [1.54, 1.807) is 18.2 Å². The first kappa shape index (κ1) is 20.6. The maximum absolute atomic E-state index is 12.7. The van der Waals surface area contributed by atoms with Crippen LogP contribution in [0.5, 0.6) is 0 Å². The largest absolute Gasteiger partial charge is 0.416 e. The summed E-state index contributed by atoms with van der Waals surface area (Å²) in [4.78, 5) is 33.7. The third-order valence-electron chi connectivity index (χ3n) is 4.13. The second-order valence-electron chi connectivity index (χ2n) is 6.19. The Balaban J connectivity index is 1.66. The van der Waals surface area contributed by atoms with Crippen molar-refractivity contribution in [2.45, 2.75) is 23.9 Å². The number of nitro groups is 1. The number of thioether (sulfide) groups is 1. The SMILES string of the molecule is O=C(CSc1ccc(C(F)(F)F)cc1[N+](=O)[O-])Nc1ccc2c(c1)CCC(=O)N2. The number of amides is 2. The molecule has 2 aromatic carbocycles. The van der Waals surface area contributed by atoms with Gasteiger partial charge in [0.1, 0.15) is 0 Å². The summed E-state index contributed by atoms with van der Waals surface area (Å²) in [5.74, 6) is -0.771.